The fourth-order valence-electron chi connectivity index (χ4n) is 1.65. The van der Waals surface area contributed by atoms with Gasteiger partial charge in [0.05, 0.1) is 0 Å². The molecule has 84 valence electrons. The van der Waals surface area contributed by atoms with Crippen LogP contribution in [0.15, 0.2) is 0 Å². The number of hydrogen-bond acceptors (Lipinski definition) is 3. The van der Waals surface area contributed by atoms with Crippen LogP contribution in [0.25, 0.3) is 0 Å². The number of hydrogen-bond donors (Lipinski definition) is 1. The fourth-order valence-corrected chi connectivity index (χ4v) is 2.78. The standard InChI is InChI=1S/C10H21NO2S/c1-3-10(2,9-12)8-11-4-6-14(13)7-5-11/h12H,3-9H2,1-2H3. The van der Waals surface area contributed by atoms with Gasteiger partial charge in [-0.1, -0.05) is 13.8 Å². The first kappa shape index (κ1) is 12.1. The van der Waals surface area contributed by atoms with Crippen LogP contribution < -0.4 is 0 Å². The zero-order valence-corrected chi connectivity index (χ0v) is 9.98. The molecule has 14 heavy (non-hydrogen) atoms. The lowest BCUT2D eigenvalue weighted by molar-refractivity contribution is 0.0888. The van der Waals surface area contributed by atoms with E-state index in [-0.39, 0.29) is 12.0 Å². The highest BCUT2D eigenvalue weighted by Crippen LogP contribution is 2.22. The molecular weight excluding hydrogens is 198 g/mol. The smallest absolute Gasteiger partial charge is 0.0496 e. The fraction of sp³-hybridized carbons (Fsp3) is 1.00. The average Bonchev–Trinajstić information content (AvgIpc) is 2.21. The molecule has 0 radical (unpaired) electrons. The molecule has 1 aliphatic rings. The van der Waals surface area contributed by atoms with Crippen molar-refractivity contribution in [3.8, 4) is 0 Å². The Kier molecular flexibility index (Phi) is 4.54. The summed E-state index contributed by atoms with van der Waals surface area (Å²) in [7, 11) is -0.597. The van der Waals surface area contributed by atoms with E-state index in [0.717, 1.165) is 37.6 Å². The summed E-state index contributed by atoms with van der Waals surface area (Å²) >= 11 is 0. The Morgan fingerprint density at radius 3 is 2.43 bits per heavy atom. The summed E-state index contributed by atoms with van der Waals surface area (Å²) in [4.78, 5) is 2.32. The van der Waals surface area contributed by atoms with Gasteiger partial charge in [-0.2, -0.15) is 0 Å². The largest absolute Gasteiger partial charge is 0.396 e. The first-order valence-corrected chi connectivity index (χ1v) is 6.76. The molecule has 1 heterocycles. The van der Waals surface area contributed by atoms with E-state index in [0.29, 0.717) is 0 Å². The third kappa shape index (κ3) is 3.33. The normalized spacial score (nSPS) is 24.8. The summed E-state index contributed by atoms with van der Waals surface area (Å²) in [5.41, 5.74) is 0.0127. The Hall–Kier alpha value is 0.0700. The molecule has 0 aromatic heterocycles. The highest BCUT2D eigenvalue weighted by molar-refractivity contribution is 7.85. The van der Waals surface area contributed by atoms with Crippen LogP contribution in [-0.4, -0.2) is 52.0 Å². The predicted molar refractivity (Wildman–Crippen MR) is 59.8 cm³/mol. The van der Waals surface area contributed by atoms with Gasteiger partial charge in [-0.3, -0.25) is 4.21 Å². The highest BCUT2D eigenvalue weighted by atomic mass is 32.2. The van der Waals surface area contributed by atoms with Gasteiger partial charge in [-0.15, -0.1) is 0 Å². The monoisotopic (exact) mass is 219 g/mol. The summed E-state index contributed by atoms with van der Waals surface area (Å²) < 4.78 is 11.1. The minimum absolute atomic E-state index is 0.0127. The molecule has 0 aromatic carbocycles. The quantitative estimate of drug-likeness (QED) is 0.747. The van der Waals surface area contributed by atoms with Crippen LogP contribution in [0.5, 0.6) is 0 Å². The van der Waals surface area contributed by atoms with Crippen LogP contribution in [0.1, 0.15) is 20.3 Å². The van der Waals surface area contributed by atoms with Crippen LogP contribution in [-0.2, 0) is 10.8 Å². The molecular formula is C10H21NO2S. The van der Waals surface area contributed by atoms with Crippen molar-refractivity contribution < 1.29 is 9.32 Å². The molecule has 1 saturated heterocycles. The SMILES string of the molecule is CCC(C)(CO)CN1CCS(=O)CC1. The van der Waals surface area contributed by atoms with E-state index >= 15 is 0 Å². The third-order valence-corrected chi connectivity index (χ3v) is 4.39. The molecule has 1 unspecified atom stereocenters. The second kappa shape index (κ2) is 5.24. The number of rotatable bonds is 4. The molecule has 0 amide bonds. The van der Waals surface area contributed by atoms with Crippen LogP contribution in [0, 0.1) is 5.41 Å². The Labute approximate surface area is 88.9 Å². The van der Waals surface area contributed by atoms with E-state index in [9.17, 15) is 9.32 Å². The Morgan fingerprint density at radius 1 is 1.43 bits per heavy atom. The summed E-state index contributed by atoms with van der Waals surface area (Å²) in [6.45, 7) is 7.22. The molecule has 1 N–H and O–H groups in total. The van der Waals surface area contributed by atoms with Gasteiger partial charge in [0.2, 0.25) is 0 Å². The van der Waals surface area contributed by atoms with E-state index in [2.05, 4.69) is 18.7 Å². The van der Waals surface area contributed by atoms with E-state index in [1.165, 1.54) is 0 Å². The first-order chi connectivity index (χ1) is 6.59. The second-order valence-electron chi connectivity index (χ2n) is 4.45. The molecule has 0 aliphatic carbocycles. The number of nitrogens with zero attached hydrogens (tertiary/aromatic N) is 1. The maximum Gasteiger partial charge on any atom is 0.0496 e. The van der Waals surface area contributed by atoms with Crippen molar-refractivity contribution in [1.82, 2.24) is 4.90 Å². The molecule has 0 spiro atoms. The molecule has 3 nitrogen and oxygen atoms in total. The number of aliphatic hydroxyl groups excluding tert-OH is 1. The Bertz CT molecular complexity index is 194. The lowest BCUT2D eigenvalue weighted by Gasteiger charge is -2.35. The molecule has 0 bridgehead atoms. The van der Waals surface area contributed by atoms with Gasteiger partial charge in [-0.25, -0.2) is 0 Å². The maximum atomic E-state index is 11.1. The molecule has 1 fully saturated rings. The van der Waals surface area contributed by atoms with Crippen LogP contribution in [0.2, 0.25) is 0 Å². The van der Waals surface area contributed by atoms with E-state index in [1.807, 2.05) is 0 Å². The second-order valence-corrected chi connectivity index (χ2v) is 6.14. The lowest BCUT2D eigenvalue weighted by Crippen LogP contribution is -2.44. The van der Waals surface area contributed by atoms with E-state index in [1.54, 1.807) is 0 Å². The summed E-state index contributed by atoms with van der Waals surface area (Å²) in [6.07, 6.45) is 0.989. The van der Waals surface area contributed by atoms with E-state index in [4.69, 9.17) is 0 Å². The van der Waals surface area contributed by atoms with Crippen molar-refractivity contribution in [2.75, 3.05) is 37.7 Å². The summed E-state index contributed by atoms with van der Waals surface area (Å²) in [5.74, 6) is 1.59. The molecule has 0 saturated carbocycles. The summed E-state index contributed by atoms with van der Waals surface area (Å²) in [6, 6.07) is 0. The zero-order chi connectivity index (χ0) is 10.6. The maximum absolute atomic E-state index is 11.1. The average molecular weight is 219 g/mol. The van der Waals surface area contributed by atoms with Crippen molar-refractivity contribution in [3.05, 3.63) is 0 Å². The van der Waals surface area contributed by atoms with Crippen molar-refractivity contribution in [2.24, 2.45) is 5.41 Å². The predicted octanol–water partition coefficient (Wildman–Crippen LogP) is 0.459. The topological polar surface area (TPSA) is 40.5 Å². The highest BCUT2D eigenvalue weighted by Gasteiger charge is 2.26. The zero-order valence-electron chi connectivity index (χ0n) is 9.16. The minimum atomic E-state index is -0.597. The van der Waals surface area contributed by atoms with Gasteiger partial charge in [-0.05, 0) is 6.42 Å². The lowest BCUT2D eigenvalue weighted by atomic mass is 9.88. The van der Waals surface area contributed by atoms with Gasteiger partial charge in [0.15, 0.2) is 0 Å². The van der Waals surface area contributed by atoms with Crippen LogP contribution in [0.3, 0.4) is 0 Å². The molecule has 1 rings (SSSR count). The van der Waals surface area contributed by atoms with Crippen molar-refractivity contribution in [1.29, 1.82) is 0 Å². The van der Waals surface area contributed by atoms with Gasteiger partial charge in [0.1, 0.15) is 0 Å². The molecule has 1 atom stereocenters. The Balaban J connectivity index is 2.40. The van der Waals surface area contributed by atoms with Crippen molar-refractivity contribution in [3.63, 3.8) is 0 Å². The van der Waals surface area contributed by atoms with Gasteiger partial charge >= 0.3 is 0 Å². The van der Waals surface area contributed by atoms with Crippen LogP contribution >= 0.6 is 0 Å². The number of aliphatic hydroxyl groups is 1. The third-order valence-electron chi connectivity index (χ3n) is 3.11. The van der Waals surface area contributed by atoms with Gasteiger partial charge < -0.3 is 10.0 Å². The van der Waals surface area contributed by atoms with E-state index < -0.39 is 10.8 Å². The minimum Gasteiger partial charge on any atom is -0.396 e. The first-order valence-electron chi connectivity index (χ1n) is 5.28. The van der Waals surface area contributed by atoms with Gasteiger partial charge in [0, 0.05) is 54.0 Å². The van der Waals surface area contributed by atoms with Crippen molar-refractivity contribution >= 4 is 10.8 Å². The van der Waals surface area contributed by atoms with Crippen molar-refractivity contribution in [2.45, 2.75) is 20.3 Å². The molecule has 4 heteroatoms. The Morgan fingerprint density at radius 2 is 2.00 bits per heavy atom. The molecule has 1 aliphatic heterocycles. The van der Waals surface area contributed by atoms with Gasteiger partial charge in [0.25, 0.3) is 0 Å². The van der Waals surface area contributed by atoms with Crippen LogP contribution in [0.4, 0.5) is 0 Å². The summed E-state index contributed by atoms with van der Waals surface area (Å²) in [5, 5.41) is 9.28. The molecule has 0 aromatic rings.